The molecule has 0 aliphatic rings. The van der Waals surface area contributed by atoms with Crippen molar-refractivity contribution in [2.75, 3.05) is 6.61 Å². The van der Waals surface area contributed by atoms with Gasteiger partial charge < -0.3 is 9.15 Å². The third-order valence-electron chi connectivity index (χ3n) is 2.68. The highest BCUT2D eigenvalue weighted by Gasteiger charge is 2.25. The van der Waals surface area contributed by atoms with E-state index in [2.05, 4.69) is 13.8 Å². The van der Waals surface area contributed by atoms with Crippen molar-refractivity contribution in [1.82, 2.24) is 4.57 Å². The fourth-order valence-corrected chi connectivity index (χ4v) is 1.87. The first-order valence-electron chi connectivity index (χ1n) is 5.77. The van der Waals surface area contributed by atoms with Crippen molar-refractivity contribution in [2.24, 2.45) is 4.74 Å². The summed E-state index contributed by atoms with van der Waals surface area (Å²) in [7, 11) is 2.95. The molecule has 1 unspecified atom stereocenters. The predicted molar refractivity (Wildman–Crippen MR) is 71.0 cm³/mol. The minimum atomic E-state index is -0.629. The molecule has 0 amide bonds. The maximum Gasteiger partial charge on any atom is 0.355 e. The molecule has 6 nitrogen and oxygen atoms in total. The molecule has 0 radical (unpaired) electrons. The quantitative estimate of drug-likeness (QED) is 0.637. The van der Waals surface area contributed by atoms with Crippen molar-refractivity contribution in [2.45, 2.75) is 19.9 Å². The Labute approximate surface area is 111 Å². The third-order valence-corrected chi connectivity index (χ3v) is 3.07. The Bertz CT molecular complexity index is 643. The highest BCUT2D eigenvalue weighted by atomic mass is 31.0. The second-order valence-corrected chi connectivity index (χ2v) is 4.16. The number of hydrogen-bond acceptors (Lipinski definition) is 5. The van der Waals surface area contributed by atoms with Gasteiger partial charge in [-0.3, -0.25) is 14.1 Å². The molecule has 0 spiro atoms. The van der Waals surface area contributed by atoms with Crippen LogP contribution in [-0.2, 0) is 4.74 Å². The van der Waals surface area contributed by atoms with Crippen molar-refractivity contribution >= 4 is 32.0 Å². The van der Waals surface area contributed by atoms with Gasteiger partial charge in [-0.05, 0) is 22.9 Å². The SMILES string of the molecule is CCOC(=O)c1cc2occc2n1C(=O)C(C)N=P. The molecule has 2 aromatic heterocycles. The van der Waals surface area contributed by atoms with E-state index in [0.29, 0.717) is 11.1 Å². The van der Waals surface area contributed by atoms with E-state index in [4.69, 9.17) is 9.15 Å². The molecular formula is C12H13N2O4P. The van der Waals surface area contributed by atoms with Gasteiger partial charge in [0, 0.05) is 12.1 Å². The molecule has 2 heterocycles. The van der Waals surface area contributed by atoms with Crippen molar-refractivity contribution in [1.29, 1.82) is 0 Å². The summed E-state index contributed by atoms with van der Waals surface area (Å²) in [5, 5.41) is 0. The fourth-order valence-electron chi connectivity index (χ4n) is 1.76. The summed E-state index contributed by atoms with van der Waals surface area (Å²) in [6.07, 6.45) is 1.46. The summed E-state index contributed by atoms with van der Waals surface area (Å²) in [4.78, 5) is 24.1. The molecule has 2 aromatic rings. The minimum Gasteiger partial charge on any atom is -0.463 e. The van der Waals surface area contributed by atoms with E-state index in [-0.39, 0.29) is 18.2 Å². The summed E-state index contributed by atoms with van der Waals surface area (Å²) < 4.78 is 15.1. The van der Waals surface area contributed by atoms with Crippen LogP contribution in [0.3, 0.4) is 0 Å². The standard InChI is InChI=1S/C12H13N2O4P/c1-3-17-12(16)9-6-10-8(4-5-18-10)14(9)11(15)7(2)13-19/h4-7,19H,3H2,1-2H3. The Morgan fingerprint density at radius 2 is 2.32 bits per heavy atom. The van der Waals surface area contributed by atoms with Gasteiger partial charge in [0.1, 0.15) is 11.7 Å². The molecule has 0 fully saturated rings. The van der Waals surface area contributed by atoms with E-state index in [1.165, 1.54) is 16.9 Å². The summed E-state index contributed by atoms with van der Waals surface area (Å²) in [6.45, 7) is 3.56. The summed E-state index contributed by atoms with van der Waals surface area (Å²) in [5.74, 6) is -0.905. The Balaban J connectivity index is 2.57. The van der Waals surface area contributed by atoms with Gasteiger partial charge in [0.15, 0.2) is 5.58 Å². The van der Waals surface area contributed by atoms with Crippen LogP contribution in [0.5, 0.6) is 0 Å². The zero-order valence-electron chi connectivity index (χ0n) is 10.5. The van der Waals surface area contributed by atoms with Gasteiger partial charge in [-0.2, -0.15) is 0 Å². The third kappa shape index (κ3) is 2.31. The predicted octanol–water partition coefficient (Wildman–Crippen LogP) is 2.77. The summed E-state index contributed by atoms with van der Waals surface area (Å²) >= 11 is 0. The van der Waals surface area contributed by atoms with Crippen LogP contribution >= 0.6 is 9.03 Å². The molecule has 0 aliphatic carbocycles. The van der Waals surface area contributed by atoms with Gasteiger partial charge in [0.05, 0.1) is 18.4 Å². The van der Waals surface area contributed by atoms with E-state index < -0.39 is 12.0 Å². The van der Waals surface area contributed by atoms with Crippen LogP contribution in [0.25, 0.3) is 11.1 Å². The second kappa shape index (κ2) is 5.36. The lowest BCUT2D eigenvalue weighted by Gasteiger charge is -2.10. The molecule has 1 atom stereocenters. The molecule has 0 N–H and O–H groups in total. The van der Waals surface area contributed by atoms with Gasteiger partial charge in [-0.25, -0.2) is 4.79 Å². The average molecular weight is 280 g/mol. The number of fused-ring (bicyclic) bond motifs is 1. The number of ether oxygens (including phenoxy) is 1. The van der Waals surface area contributed by atoms with Crippen LogP contribution in [0.2, 0.25) is 0 Å². The number of hydrogen-bond donors (Lipinski definition) is 0. The normalized spacial score (nSPS) is 12.3. The first kappa shape index (κ1) is 13.5. The zero-order chi connectivity index (χ0) is 14.0. The molecule has 0 saturated carbocycles. The molecule has 0 saturated heterocycles. The number of rotatable bonds is 4. The molecule has 0 aliphatic heterocycles. The number of carbonyl (C=O) groups is 2. The number of aromatic nitrogens is 1. The van der Waals surface area contributed by atoms with E-state index >= 15 is 0 Å². The van der Waals surface area contributed by atoms with Crippen molar-refractivity contribution < 1.29 is 18.7 Å². The molecule has 0 bridgehead atoms. The highest BCUT2D eigenvalue weighted by Crippen LogP contribution is 2.22. The smallest absolute Gasteiger partial charge is 0.355 e. The molecule has 7 heteroatoms. The Hall–Kier alpha value is -1.94. The van der Waals surface area contributed by atoms with Crippen molar-refractivity contribution in [3.8, 4) is 0 Å². The Morgan fingerprint density at radius 3 is 2.95 bits per heavy atom. The summed E-state index contributed by atoms with van der Waals surface area (Å²) in [6, 6.07) is 2.48. The van der Waals surface area contributed by atoms with Crippen LogP contribution in [0.15, 0.2) is 27.6 Å². The van der Waals surface area contributed by atoms with Crippen LogP contribution in [0.4, 0.5) is 0 Å². The monoisotopic (exact) mass is 280 g/mol. The van der Waals surface area contributed by atoms with Crippen molar-refractivity contribution in [3.63, 3.8) is 0 Å². The van der Waals surface area contributed by atoms with Gasteiger partial charge in [-0.1, -0.05) is 0 Å². The molecule has 2 rings (SSSR count). The Kier molecular flexibility index (Phi) is 3.81. The fraction of sp³-hybridized carbons (Fsp3) is 0.333. The van der Waals surface area contributed by atoms with E-state index in [0.717, 1.165) is 0 Å². The largest absolute Gasteiger partial charge is 0.463 e. The van der Waals surface area contributed by atoms with Crippen LogP contribution in [0.1, 0.15) is 29.1 Å². The van der Waals surface area contributed by atoms with Crippen LogP contribution in [0, 0.1) is 0 Å². The average Bonchev–Trinajstić information content (AvgIpc) is 2.97. The summed E-state index contributed by atoms with van der Waals surface area (Å²) in [5.41, 5.74) is 1.12. The van der Waals surface area contributed by atoms with Gasteiger partial charge in [0.25, 0.3) is 5.91 Å². The minimum absolute atomic E-state index is 0.142. The van der Waals surface area contributed by atoms with E-state index in [1.54, 1.807) is 19.9 Å². The molecule has 0 aromatic carbocycles. The number of nitrogens with zero attached hydrogens (tertiary/aromatic N) is 2. The molecular weight excluding hydrogens is 267 g/mol. The number of carbonyl (C=O) groups excluding carboxylic acids is 2. The number of esters is 1. The molecule has 100 valence electrons. The first-order valence-corrected chi connectivity index (χ1v) is 6.21. The highest BCUT2D eigenvalue weighted by molar-refractivity contribution is 7.04. The lowest BCUT2D eigenvalue weighted by molar-refractivity contribution is 0.0508. The maximum absolute atomic E-state index is 12.3. The van der Waals surface area contributed by atoms with Crippen molar-refractivity contribution in [3.05, 3.63) is 24.1 Å². The topological polar surface area (TPSA) is 73.8 Å². The zero-order valence-corrected chi connectivity index (χ0v) is 11.5. The lowest BCUT2D eigenvalue weighted by Crippen LogP contribution is -2.25. The lowest BCUT2D eigenvalue weighted by atomic mass is 10.3. The molecule has 19 heavy (non-hydrogen) atoms. The van der Waals surface area contributed by atoms with E-state index in [9.17, 15) is 9.59 Å². The Morgan fingerprint density at radius 1 is 1.58 bits per heavy atom. The first-order chi connectivity index (χ1) is 9.10. The van der Waals surface area contributed by atoms with Gasteiger partial charge >= 0.3 is 5.97 Å². The van der Waals surface area contributed by atoms with Gasteiger partial charge in [-0.15, -0.1) is 0 Å². The van der Waals surface area contributed by atoms with Crippen LogP contribution < -0.4 is 0 Å². The van der Waals surface area contributed by atoms with Gasteiger partial charge in [0.2, 0.25) is 0 Å². The number of furan rings is 1. The second-order valence-electron chi connectivity index (χ2n) is 3.90. The van der Waals surface area contributed by atoms with E-state index in [1.807, 2.05) is 0 Å². The van der Waals surface area contributed by atoms with Crippen LogP contribution in [-0.4, -0.2) is 29.1 Å². The maximum atomic E-state index is 12.3.